The molecule has 0 atom stereocenters. The molecule has 0 bridgehead atoms. The molecule has 0 spiro atoms. The average Bonchev–Trinajstić information content (AvgIpc) is 3.19. The van der Waals surface area contributed by atoms with Gasteiger partial charge in [0.25, 0.3) is 46.4 Å². The van der Waals surface area contributed by atoms with E-state index in [-0.39, 0.29) is 59.3 Å². The number of carbonyl (C=O) groups is 2. The molecule has 0 aromatic heterocycles. The van der Waals surface area contributed by atoms with Gasteiger partial charge in [-0.1, -0.05) is 30.3 Å². The van der Waals surface area contributed by atoms with E-state index in [1.54, 1.807) is 54.6 Å². The third-order valence-electron chi connectivity index (χ3n) is 9.51. The van der Waals surface area contributed by atoms with E-state index >= 15 is 0 Å². The molecule has 4 aromatic carbocycles. The zero-order chi connectivity index (χ0) is 45.4. The number of hydrogen-bond donors (Lipinski definition) is 6. The Morgan fingerprint density at radius 2 is 1.31 bits per heavy atom. The molecule has 1 aliphatic carbocycles. The summed E-state index contributed by atoms with van der Waals surface area (Å²) in [6.07, 6.45) is 0.0448. The Bertz CT molecular complexity index is 3280. The molecule has 0 fully saturated rings. The molecule has 6 rings (SSSR count). The van der Waals surface area contributed by atoms with Crippen molar-refractivity contribution in [1.82, 2.24) is 4.90 Å². The number of rotatable bonds is 15. The molecule has 0 radical (unpaired) electrons. The van der Waals surface area contributed by atoms with Crippen LogP contribution in [0.2, 0.25) is 0 Å². The van der Waals surface area contributed by atoms with Gasteiger partial charge in [0.1, 0.15) is 21.1 Å². The molecule has 62 heavy (non-hydrogen) atoms. The van der Waals surface area contributed by atoms with Crippen LogP contribution in [-0.4, -0.2) is 87.4 Å². The highest BCUT2D eigenvalue weighted by molar-refractivity contribution is 7.87. The van der Waals surface area contributed by atoms with Gasteiger partial charge in [-0.2, -0.15) is 33.7 Å². The van der Waals surface area contributed by atoms with Gasteiger partial charge in [-0.05, 0) is 77.7 Å². The fourth-order valence-electron chi connectivity index (χ4n) is 6.56. The maximum absolute atomic E-state index is 13.9. The van der Waals surface area contributed by atoms with Crippen LogP contribution >= 0.6 is 0 Å². The summed E-state index contributed by atoms with van der Waals surface area (Å²) in [4.78, 5) is 27.7. The summed E-state index contributed by atoms with van der Waals surface area (Å²) in [6.45, 7) is -0.540. The molecule has 1 heterocycles. The van der Waals surface area contributed by atoms with Gasteiger partial charge < -0.3 is 19.7 Å². The van der Waals surface area contributed by atoms with Crippen molar-refractivity contribution in [2.45, 2.75) is 45.5 Å². The molecule has 2 aliphatic rings. The van der Waals surface area contributed by atoms with Crippen LogP contribution in [0.5, 0.6) is 0 Å². The Kier molecular flexibility index (Phi) is 12.7. The van der Waals surface area contributed by atoms with E-state index in [2.05, 4.69) is 10.3 Å². The first-order valence-corrected chi connectivity index (χ1v) is 23.7. The van der Waals surface area contributed by atoms with Crippen molar-refractivity contribution < 1.29 is 71.0 Å². The number of aliphatic carboxylic acids is 1. The number of carboxylic acid groups (broad SMARTS) is 1. The van der Waals surface area contributed by atoms with Crippen LogP contribution in [0.3, 0.4) is 0 Å². The number of nitrogens with zero attached hydrogens (tertiary/aromatic N) is 2. The number of hydrogen-bond acceptors (Lipinski definition) is 13. The lowest BCUT2D eigenvalue weighted by Crippen LogP contribution is -2.28. The van der Waals surface area contributed by atoms with Gasteiger partial charge in [-0.15, -0.1) is 0 Å². The minimum Gasteiger partial charge on any atom is -0.481 e. The molecule has 0 unspecified atom stereocenters. The van der Waals surface area contributed by atoms with Gasteiger partial charge in [-0.25, -0.2) is 0 Å². The van der Waals surface area contributed by atoms with Crippen molar-refractivity contribution in [3.05, 3.63) is 119 Å². The van der Waals surface area contributed by atoms with Gasteiger partial charge in [-0.3, -0.25) is 32.8 Å². The number of carbonyl (C=O) groups excluding carboxylic acids is 1. The van der Waals surface area contributed by atoms with Crippen LogP contribution in [0.25, 0.3) is 33.4 Å². The van der Waals surface area contributed by atoms with Crippen LogP contribution in [0.4, 0.5) is 5.69 Å². The van der Waals surface area contributed by atoms with E-state index in [1.165, 1.54) is 18.0 Å². The first-order valence-electron chi connectivity index (χ1n) is 17.9. The molecule has 1 aliphatic heterocycles. The van der Waals surface area contributed by atoms with Crippen molar-refractivity contribution in [2.24, 2.45) is 4.99 Å². The lowest BCUT2D eigenvalue weighted by molar-refractivity contribution is -0.137. The summed E-state index contributed by atoms with van der Waals surface area (Å²) < 4.78 is 140. The third-order valence-corrected chi connectivity index (χ3v) is 13.1. The Labute approximate surface area is 354 Å². The minimum absolute atomic E-state index is 0.0629. The SMILES string of the molecule is CN(CCCC(=O)O)C(=O)c1ccccc1-c1c2ccc(=NCc3ccc(S(=O)(=O)O)cc3S(=O)(=O)O)cc-2oc2cc(NCc3ccc(S(=O)(=O)O)cc3S(=O)(=O)O)ccc12. The molecule has 1 amide bonds. The Hall–Kier alpha value is -6.05. The van der Waals surface area contributed by atoms with Crippen molar-refractivity contribution in [2.75, 3.05) is 18.9 Å². The summed E-state index contributed by atoms with van der Waals surface area (Å²) in [5, 5.41) is 12.8. The van der Waals surface area contributed by atoms with Crippen molar-refractivity contribution in [3.63, 3.8) is 0 Å². The number of fused-ring (bicyclic) bond motifs is 2. The zero-order valence-electron chi connectivity index (χ0n) is 32.0. The van der Waals surface area contributed by atoms with Crippen LogP contribution in [0, 0.1) is 0 Å². The summed E-state index contributed by atoms with van der Waals surface area (Å²) in [6, 6.07) is 21.4. The van der Waals surface area contributed by atoms with E-state index in [0.29, 0.717) is 39.9 Å². The second kappa shape index (κ2) is 17.4. The van der Waals surface area contributed by atoms with Gasteiger partial charge in [0.2, 0.25) is 0 Å². The summed E-state index contributed by atoms with van der Waals surface area (Å²) in [7, 11) is -18.0. The molecule has 19 nitrogen and oxygen atoms in total. The predicted octanol–water partition coefficient (Wildman–Crippen LogP) is 4.84. The largest absolute Gasteiger partial charge is 0.481 e. The second-order valence-corrected chi connectivity index (χ2v) is 19.4. The van der Waals surface area contributed by atoms with Gasteiger partial charge in [0.05, 0.1) is 21.7 Å². The smallest absolute Gasteiger partial charge is 0.303 e. The highest BCUT2D eigenvalue weighted by Gasteiger charge is 2.25. The van der Waals surface area contributed by atoms with E-state index in [4.69, 9.17) is 9.52 Å². The van der Waals surface area contributed by atoms with Crippen LogP contribution in [0.1, 0.15) is 34.3 Å². The second-order valence-electron chi connectivity index (χ2n) is 13.7. The molecule has 0 saturated carbocycles. The quantitative estimate of drug-likeness (QED) is 0.0593. The van der Waals surface area contributed by atoms with Crippen LogP contribution in [0.15, 0.2) is 126 Å². The number of nitrogens with one attached hydrogen (secondary N) is 1. The molecular weight excluding hydrogens is 895 g/mol. The van der Waals surface area contributed by atoms with Crippen molar-refractivity contribution >= 4 is 69.0 Å². The normalized spacial score (nSPS) is 12.8. The van der Waals surface area contributed by atoms with Crippen molar-refractivity contribution in [1.29, 1.82) is 0 Å². The molecule has 326 valence electrons. The first-order chi connectivity index (χ1) is 28.9. The maximum Gasteiger partial charge on any atom is 0.303 e. The standard InChI is InChI=1S/C39H35N3O16S4/c1-42(16-4-7-37(43)44)39(45)30-6-3-2-5-29(30)38-31-14-10-25(40-21-23-8-12-27(59(46,47)48)19-35(23)61(52,53)54)17-33(31)58-34-18-26(11-15-32(34)38)41-22-24-9-13-28(60(49,50)51)20-36(24)62(55,56)57/h2-3,5-6,8-15,17-20,40H,4,7,16,21-22H2,1H3,(H,43,44)(H,46,47,48)(H,49,50,51)(H,52,53,54)(H,55,56,57). The number of carboxylic acids is 1. The molecule has 4 aromatic rings. The summed E-state index contributed by atoms with van der Waals surface area (Å²) in [5.74, 6) is -1.24. The fraction of sp³-hybridized carbons (Fsp3) is 0.154. The average molecular weight is 930 g/mol. The van der Waals surface area contributed by atoms with Crippen molar-refractivity contribution in [3.8, 4) is 22.5 Å². The van der Waals surface area contributed by atoms with Gasteiger partial charge in [0, 0.05) is 66.5 Å². The van der Waals surface area contributed by atoms with Crippen LogP contribution in [-0.2, 0) is 58.4 Å². The number of benzene rings is 5. The minimum atomic E-state index is -4.98. The van der Waals surface area contributed by atoms with Gasteiger partial charge >= 0.3 is 5.97 Å². The summed E-state index contributed by atoms with van der Waals surface area (Å²) >= 11 is 0. The zero-order valence-corrected chi connectivity index (χ0v) is 35.3. The summed E-state index contributed by atoms with van der Waals surface area (Å²) in [5.41, 5.74) is 2.05. The number of anilines is 1. The fourth-order valence-corrected chi connectivity index (χ4v) is 9.21. The lowest BCUT2D eigenvalue weighted by atomic mass is 9.90. The predicted molar refractivity (Wildman–Crippen MR) is 221 cm³/mol. The van der Waals surface area contributed by atoms with Gasteiger partial charge in [0.15, 0.2) is 0 Å². The lowest BCUT2D eigenvalue weighted by Gasteiger charge is -2.21. The highest BCUT2D eigenvalue weighted by Crippen LogP contribution is 2.42. The van der Waals surface area contributed by atoms with E-state index < -0.39 is 78.5 Å². The Balaban J connectivity index is 1.49. The molecule has 0 saturated heterocycles. The topological polar surface area (TPSA) is 313 Å². The highest BCUT2D eigenvalue weighted by atomic mass is 32.2. The molecule has 6 N–H and O–H groups in total. The van der Waals surface area contributed by atoms with E-state index in [0.717, 1.165) is 24.3 Å². The molecular formula is C39H35N3O16S4. The first kappa shape index (κ1) is 45.5. The Morgan fingerprint density at radius 1 is 0.694 bits per heavy atom. The third kappa shape index (κ3) is 10.3. The van der Waals surface area contributed by atoms with E-state index in [1.807, 2.05) is 0 Å². The number of amides is 1. The maximum atomic E-state index is 13.9. The Morgan fingerprint density at radius 3 is 1.92 bits per heavy atom. The van der Waals surface area contributed by atoms with E-state index in [9.17, 15) is 61.5 Å². The monoisotopic (exact) mass is 929 g/mol. The molecule has 23 heteroatoms. The van der Waals surface area contributed by atoms with Crippen LogP contribution < -0.4 is 10.7 Å².